The Kier molecular flexibility index (Phi) is 10.6. The van der Waals surface area contributed by atoms with E-state index in [2.05, 4.69) is 36.7 Å². The molecule has 5 heteroatoms. The molecule has 0 atom stereocenters. The second-order valence-corrected chi connectivity index (χ2v) is 8.18. The van der Waals surface area contributed by atoms with E-state index in [9.17, 15) is 9.59 Å². The number of anilines is 1. The fourth-order valence-electron chi connectivity index (χ4n) is 4.17. The number of carbonyl (C=O) groups excluding carboxylic acids is 1. The number of nitrogens with zero attached hydrogens (tertiary/aromatic N) is 1. The first-order valence-corrected chi connectivity index (χ1v) is 12.2. The molecule has 2 aromatic rings. The number of ether oxygens (including phenoxy) is 1. The summed E-state index contributed by atoms with van der Waals surface area (Å²) in [5, 5.41) is 0.566. The van der Waals surface area contributed by atoms with Crippen LogP contribution in [0.5, 0.6) is 0 Å². The maximum Gasteiger partial charge on any atom is 0.343 e. The average molecular weight is 429 g/mol. The Morgan fingerprint density at radius 3 is 2.19 bits per heavy atom. The summed E-state index contributed by atoms with van der Waals surface area (Å²) in [5.74, 6) is -0.567. The lowest BCUT2D eigenvalue weighted by Gasteiger charge is -2.25. The maximum absolute atomic E-state index is 13.0. The smallest absolute Gasteiger partial charge is 0.343 e. The van der Waals surface area contributed by atoms with Crippen LogP contribution in [0, 0.1) is 0 Å². The molecule has 0 aliphatic heterocycles. The Morgan fingerprint density at radius 1 is 0.935 bits per heavy atom. The van der Waals surface area contributed by atoms with Gasteiger partial charge < -0.3 is 14.6 Å². The molecule has 2 rings (SSSR count). The second-order valence-electron chi connectivity index (χ2n) is 8.18. The van der Waals surface area contributed by atoms with Gasteiger partial charge in [-0.05, 0) is 51.3 Å². The summed E-state index contributed by atoms with van der Waals surface area (Å²) >= 11 is 0. The highest BCUT2D eigenvalue weighted by molar-refractivity contribution is 5.94. The fraction of sp³-hybridized carbons (Fsp3) is 0.615. The Balaban J connectivity index is 2.24. The van der Waals surface area contributed by atoms with Crippen molar-refractivity contribution in [2.24, 2.45) is 0 Å². The molecule has 1 aromatic heterocycles. The van der Waals surface area contributed by atoms with Crippen molar-refractivity contribution in [1.82, 2.24) is 4.98 Å². The Morgan fingerprint density at radius 2 is 1.58 bits per heavy atom. The number of rotatable bonds is 14. The lowest BCUT2D eigenvalue weighted by atomic mass is 9.99. The Bertz CT molecular complexity index is 884. The van der Waals surface area contributed by atoms with E-state index < -0.39 is 5.97 Å². The fourth-order valence-corrected chi connectivity index (χ4v) is 4.17. The number of hydrogen-bond acceptors (Lipinski definition) is 4. The molecule has 1 N–H and O–H groups in total. The van der Waals surface area contributed by atoms with Crippen molar-refractivity contribution in [1.29, 1.82) is 0 Å². The predicted molar refractivity (Wildman–Crippen MR) is 130 cm³/mol. The summed E-state index contributed by atoms with van der Waals surface area (Å²) in [5.41, 5.74) is 2.95. The summed E-state index contributed by atoms with van der Waals surface area (Å²) in [7, 11) is 0. The molecule has 0 saturated carbocycles. The highest BCUT2D eigenvalue weighted by Crippen LogP contribution is 2.27. The first kappa shape index (κ1) is 25.0. The highest BCUT2D eigenvalue weighted by Gasteiger charge is 2.17. The van der Waals surface area contributed by atoms with Crippen LogP contribution in [0.25, 0.3) is 10.9 Å². The standard InChI is InChI=1S/C26H40N2O3/c1-5-9-10-11-12-13-14-15-16-20-17-21-23(18-24(20)28(6-2)7-3)27-19-22(25(21)29)26(30)31-8-4/h17-19H,5-16H2,1-4H3,(H,27,29). The van der Waals surface area contributed by atoms with Crippen LogP contribution in [0.2, 0.25) is 0 Å². The Labute approximate surface area is 187 Å². The number of benzene rings is 1. The van der Waals surface area contributed by atoms with Crippen molar-refractivity contribution in [2.75, 3.05) is 24.6 Å². The van der Waals surface area contributed by atoms with E-state index in [1.165, 1.54) is 62.4 Å². The third-order valence-electron chi connectivity index (χ3n) is 5.98. The highest BCUT2D eigenvalue weighted by atomic mass is 16.5. The SMILES string of the molecule is CCCCCCCCCCc1cc2c(=O)c(C(=O)OCC)c[nH]c2cc1N(CC)CC. The summed E-state index contributed by atoms with van der Waals surface area (Å²) in [6.07, 6.45) is 12.6. The largest absolute Gasteiger partial charge is 0.462 e. The van der Waals surface area contributed by atoms with Crippen molar-refractivity contribution in [3.8, 4) is 0 Å². The van der Waals surface area contributed by atoms with Crippen LogP contribution in [0.1, 0.15) is 95.0 Å². The zero-order chi connectivity index (χ0) is 22.6. The van der Waals surface area contributed by atoms with Crippen LogP contribution >= 0.6 is 0 Å². The first-order chi connectivity index (χ1) is 15.1. The molecule has 0 radical (unpaired) electrons. The van der Waals surface area contributed by atoms with E-state index in [-0.39, 0.29) is 17.6 Å². The minimum absolute atomic E-state index is 0.0722. The number of carbonyl (C=O) groups is 1. The number of hydrogen-bond donors (Lipinski definition) is 1. The third-order valence-corrected chi connectivity index (χ3v) is 5.98. The molecule has 1 aromatic carbocycles. The molecular formula is C26H40N2O3. The molecule has 31 heavy (non-hydrogen) atoms. The molecule has 172 valence electrons. The number of pyridine rings is 1. The van der Waals surface area contributed by atoms with Gasteiger partial charge in [-0.3, -0.25) is 4.79 Å². The van der Waals surface area contributed by atoms with Crippen molar-refractivity contribution < 1.29 is 9.53 Å². The lowest BCUT2D eigenvalue weighted by Crippen LogP contribution is -2.24. The average Bonchev–Trinajstić information content (AvgIpc) is 2.77. The van der Waals surface area contributed by atoms with E-state index in [0.29, 0.717) is 5.39 Å². The topological polar surface area (TPSA) is 62.4 Å². The minimum Gasteiger partial charge on any atom is -0.462 e. The van der Waals surface area contributed by atoms with Gasteiger partial charge in [0.15, 0.2) is 0 Å². The van der Waals surface area contributed by atoms with Gasteiger partial charge >= 0.3 is 5.97 Å². The van der Waals surface area contributed by atoms with Gasteiger partial charge in [0.25, 0.3) is 0 Å². The molecule has 0 saturated heterocycles. The second kappa shape index (κ2) is 13.2. The van der Waals surface area contributed by atoms with Crippen LogP contribution in [-0.2, 0) is 11.2 Å². The lowest BCUT2D eigenvalue weighted by molar-refractivity contribution is 0.0524. The molecule has 1 heterocycles. The van der Waals surface area contributed by atoms with Crippen LogP contribution in [0.3, 0.4) is 0 Å². The molecule has 0 amide bonds. The molecule has 0 bridgehead atoms. The van der Waals surface area contributed by atoms with Crippen molar-refractivity contribution in [3.63, 3.8) is 0 Å². The van der Waals surface area contributed by atoms with Gasteiger partial charge in [0.05, 0.1) is 12.1 Å². The zero-order valence-electron chi connectivity index (χ0n) is 19.9. The number of unbranched alkanes of at least 4 members (excludes halogenated alkanes) is 7. The van der Waals surface area contributed by atoms with Gasteiger partial charge in [0.1, 0.15) is 5.56 Å². The number of fused-ring (bicyclic) bond motifs is 1. The molecule has 0 spiro atoms. The van der Waals surface area contributed by atoms with Gasteiger partial charge in [0, 0.05) is 30.4 Å². The van der Waals surface area contributed by atoms with Crippen LogP contribution in [0.4, 0.5) is 5.69 Å². The van der Waals surface area contributed by atoms with Crippen molar-refractivity contribution in [3.05, 3.63) is 39.7 Å². The number of esters is 1. The van der Waals surface area contributed by atoms with Gasteiger partial charge in [0.2, 0.25) is 5.43 Å². The quantitative estimate of drug-likeness (QED) is 0.286. The molecule has 0 fully saturated rings. The molecular weight excluding hydrogens is 388 g/mol. The monoisotopic (exact) mass is 428 g/mol. The summed E-state index contributed by atoms with van der Waals surface area (Å²) in [6, 6.07) is 4.06. The molecule has 0 aliphatic carbocycles. The van der Waals surface area contributed by atoms with Crippen LogP contribution < -0.4 is 10.3 Å². The zero-order valence-corrected chi connectivity index (χ0v) is 19.9. The third kappa shape index (κ3) is 6.84. The summed E-state index contributed by atoms with van der Waals surface area (Å²) < 4.78 is 5.04. The van der Waals surface area contributed by atoms with Gasteiger partial charge in [-0.2, -0.15) is 0 Å². The number of aromatic nitrogens is 1. The summed E-state index contributed by atoms with van der Waals surface area (Å²) in [6.45, 7) is 10.4. The molecule has 0 unspecified atom stereocenters. The van der Waals surface area contributed by atoms with E-state index in [0.717, 1.165) is 31.4 Å². The number of aryl methyl sites for hydroxylation is 1. The Hall–Kier alpha value is -2.30. The number of H-pyrrole nitrogens is 1. The van der Waals surface area contributed by atoms with Gasteiger partial charge in [-0.1, -0.05) is 51.9 Å². The van der Waals surface area contributed by atoms with E-state index in [4.69, 9.17) is 4.74 Å². The summed E-state index contributed by atoms with van der Waals surface area (Å²) in [4.78, 5) is 30.6. The van der Waals surface area contributed by atoms with Crippen LogP contribution in [-0.4, -0.2) is 30.6 Å². The molecule has 0 aliphatic rings. The minimum atomic E-state index is -0.567. The van der Waals surface area contributed by atoms with Crippen molar-refractivity contribution >= 4 is 22.6 Å². The van der Waals surface area contributed by atoms with Crippen molar-refractivity contribution in [2.45, 2.75) is 85.5 Å². The number of aromatic amines is 1. The van der Waals surface area contributed by atoms with Gasteiger partial charge in [-0.25, -0.2) is 4.79 Å². The maximum atomic E-state index is 13.0. The normalized spacial score (nSPS) is 11.1. The van der Waals surface area contributed by atoms with Gasteiger partial charge in [-0.15, -0.1) is 0 Å². The number of nitrogens with one attached hydrogen (secondary N) is 1. The van der Waals surface area contributed by atoms with E-state index in [1.807, 2.05) is 6.07 Å². The van der Waals surface area contributed by atoms with E-state index in [1.54, 1.807) is 6.92 Å². The molecule has 5 nitrogen and oxygen atoms in total. The van der Waals surface area contributed by atoms with Crippen LogP contribution in [0.15, 0.2) is 23.1 Å². The first-order valence-electron chi connectivity index (χ1n) is 12.2. The predicted octanol–water partition coefficient (Wildman–Crippen LogP) is 6.23. The van der Waals surface area contributed by atoms with E-state index >= 15 is 0 Å².